The van der Waals surface area contributed by atoms with E-state index in [4.69, 9.17) is 16.3 Å². The lowest BCUT2D eigenvalue weighted by molar-refractivity contribution is 0.0387. The lowest BCUT2D eigenvalue weighted by Gasteiger charge is -2.42. The van der Waals surface area contributed by atoms with Crippen LogP contribution in [-0.4, -0.2) is 32.5 Å². The van der Waals surface area contributed by atoms with Crippen LogP contribution in [0.2, 0.25) is 5.02 Å². The Morgan fingerprint density at radius 1 is 1.09 bits per heavy atom. The monoisotopic (exact) mass is 472 g/mol. The van der Waals surface area contributed by atoms with Crippen molar-refractivity contribution in [2.24, 2.45) is 0 Å². The molecular weight excluding hydrogens is 448 g/mol. The summed E-state index contributed by atoms with van der Waals surface area (Å²) in [5.41, 5.74) is 4.17. The first-order valence-corrected chi connectivity index (χ1v) is 12.0. The zero-order valence-corrected chi connectivity index (χ0v) is 19.8. The van der Waals surface area contributed by atoms with Crippen LogP contribution < -0.4 is 4.74 Å². The van der Waals surface area contributed by atoms with Crippen molar-refractivity contribution in [3.8, 4) is 11.4 Å². The molecule has 1 saturated carbocycles. The van der Waals surface area contributed by atoms with Crippen molar-refractivity contribution in [1.82, 2.24) is 19.4 Å². The molecule has 0 atom stereocenters. The van der Waals surface area contributed by atoms with E-state index in [2.05, 4.69) is 20.9 Å². The predicted octanol–water partition coefficient (Wildman–Crippen LogP) is 5.90. The van der Waals surface area contributed by atoms with E-state index in [1.165, 1.54) is 6.42 Å². The van der Waals surface area contributed by atoms with Gasteiger partial charge in [-0.05, 0) is 54.3 Å². The number of ether oxygens (including phenoxy) is 1. The summed E-state index contributed by atoms with van der Waals surface area (Å²) in [6.45, 7) is 0.544. The molecule has 0 radical (unpaired) electrons. The number of rotatable bonds is 4. The maximum absolute atomic E-state index is 13.8. The van der Waals surface area contributed by atoms with Crippen LogP contribution in [0.3, 0.4) is 0 Å². The molecule has 2 aromatic heterocycles. The Morgan fingerprint density at radius 2 is 1.88 bits per heavy atom. The highest BCUT2D eigenvalue weighted by Crippen LogP contribution is 2.51. The first-order valence-electron chi connectivity index (χ1n) is 11.7. The molecule has 2 aromatic carbocycles. The third-order valence-electron chi connectivity index (χ3n) is 7.36. The molecule has 6 rings (SSSR count). The standard InChI is InChI=1S/C27H25ClN4O2/c1-34-21-7-5-18(6-8-21)16-32-26(33)24-22(27(32)10-3-2-4-11-27)13-20(14-23(24)28)31-12-9-19-15-29-17-30-25(19)31/h5-9,12-15,17H,2-4,10-11,16H2,1H3. The lowest BCUT2D eigenvalue weighted by Crippen LogP contribution is -2.44. The van der Waals surface area contributed by atoms with Crippen LogP contribution in [-0.2, 0) is 12.1 Å². The van der Waals surface area contributed by atoms with Gasteiger partial charge in [0.1, 0.15) is 17.7 Å². The van der Waals surface area contributed by atoms with Gasteiger partial charge in [0.15, 0.2) is 0 Å². The summed E-state index contributed by atoms with van der Waals surface area (Å²) in [6, 6.07) is 14.0. The average molecular weight is 473 g/mol. The highest BCUT2D eigenvalue weighted by molar-refractivity contribution is 6.34. The van der Waals surface area contributed by atoms with Gasteiger partial charge >= 0.3 is 0 Å². The Morgan fingerprint density at radius 3 is 2.65 bits per heavy atom. The number of fused-ring (bicyclic) bond motifs is 3. The van der Waals surface area contributed by atoms with E-state index in [0.29, 0.717) is 17.1 Å². The summed E-state index contributed by atoms with van der Waals surface area (Å²) < 4.78 is 7.33. The Balaban J connectivity index is 1.47. The van der Waals surface area contributed by atoms with Crippen molar-refractivity contribution in [3.63, 3.8) is 0 Å². The lowest BCUT2D eigenvalue weighted by atomic mass is 9.76. The molecule has 6 nitrogen and oxygen atoms in total. The highest BCUT2D eigenvalue weighted by Gasteiger charge is 2.50. The molecule has 3 heterocycles. The maximum Gasteiger partial charge on any atom is 0.256 e. The third kappa shape index (κ3) is 3.20. The first kappa shape index (κ1) is 21.2. The van der Waals surface area contributed by atoms with Crippen LogP contribution in [0.5, 0.6) is 5.75 Å². The van der Waals surface area contributed by atoms with Gasteiger partial charge in [-0.3, -0.25) is 4.79 Å². The molecule has 7 heteroatoms. The second kappa shape index (κ2) is 8.13. The fourth-order valence-electron chi connectivity index (χ4n) is 5.69. The number of hydrogen-bond acceptors (Lipinski definition) is 4. The van der Waals surface area contributed by atoms with E-state index < -0.39 is 0 Å². The zero-order chi connectivity index (χ0) is 23.3. The molecule has 1 aliphatic carbocycles. The molecule has 0 N–H and O–H groups in total. The van der Waals surface area contributed by atoms with Gasteiger partial charge in [0.05, 0.1) is 23.2 Å². The SMILES string of the molecule is COc1ccc(CN2C(=O)c3c(Cl)cc(-n4ccc5cncnc54)cc3C23CCCCC3)cc1. The van der Waals surface area contributed by atoms with E-state index >= 15 is 0 Å². The van der Waals surface area contributed by atoms with Gasteiger partial charge in [0, 0.05) is 30.0 Å². The number of carbonyl (C=O) groups is 1. The average Bonchev–Trinajstić information content (AvgIpc) is 3.39. The van der Waals surface area contributed by atoms with Gasteiger partial charge in [0.2, 0.25) is 0 Å². The molecule has 172 valence electrons. The number of halogens is 1. The maximum atomic E-state index is 13.8. The van der Waals surface area contributed by atoms with Gasteiger partial charge < -0.3 is 14.2 Å². The summed E-state index contributed by atoms with van der Waals surface area (Å²) in [5, 5.41) is 1.46. The van der Waals surface area contributed by atoms with Gasteiger partial charge in [-0.1, -0.05) is 43.0 Å². The number of hydrogen-bond donors (Lipinski definition) is 0. The summed E-state index contributed by atoms with van der Waals surface area (Å²) in [6.07, 6.45) is 10.6. The number of methoxy groups -OCH3 is 1. The second-order valence-corrected chi connectivity index (χ2v) is 9.58. The van der Waals surface area contributed by atoms with Gasteiger partial charge in [-0.25, -0.2) is 9.97 Å². The van der Waals surface area contributed by atoms with E-state index in [9.17, 15) is 4.79 Å². The Kier molecular flexibility index (Phi) is 5.06. The van der Waals surface area contributed by atoms with Crippen LogP contribution in [0.4, 0.5) is 0 Å². The van der Waals surface area contributed by atoms with E-state index in [1.54, 1.807) is 19.6 Å². The van der Waals surface area contributed by atoms with Crippen LogP contribution >= 0.6 is 11.6 Å². The van der Waals surface area contributed by atoms with Crippen molar-refractivity contribution < 1.29 is 9.53 Å². The minimum absolute atomic E-state index is 0.0176. The molecule has 0 bridgehead atoms. The van der Waals surface area contributed by atoms with Crippen molar-refractivity contribution >= 4 is 28.5 Å². The molecular formula is C27H25ClN4O2. The van der Waals surface area contributed by atoms with Crippen molar-refractivity contribution in [2.45, 2.75) is 44.2 Å². The largest absolute Gasteiger partial charge is 0.497 e. The van der Waals surface area contributed by atoms with E-state index in [-0.39, 0.29) is 11.4 Å². The van der Waals surface area contributed by atoms with Crippen LogP contribution in [0.1, 0.15) is 53.6 Å². The van der Waals surface area contributed by atoms with Gasteiger partial charge in [-0.2, -0.15) is 0 Å². The molecule has 1 fully saturated rings. The van der Waals surface area contributed by atoms with Crippen LogP contribution in [0.25, 0.3) is 16.7 Å². The van der Waals surface area contributed by atoms with E-state index in [0.717, 1.165) is 59.3 Å². The number of carbonyl (C=O) groups excluding carboxylic acids is 1. The van der Waals surface area contributed by atoms with Crippen LogP contribution in [0.15, 0.2) is 61.2 Å². The number of nitrogens with zero attached hydrogens (tertiary/aromatic N) is 4. The second-order valence-electron chi connectivity index (χ2n) is 9.17. The highest BCUT2D eigenvalue weighted by atomic mass is 35.5. The normalized spacial score (nSPS) is 16.9. The topological polar surface area (TPSA) is 60.2 Å². The Hall–Kier alpha value is -3.38. The van der Waals surface area contributed by atoms with Crippen molar-refractivity contribution in [3.05, 3.63) is 82.9 Å². The molecule has 1 amide bonds. The van der Waals surface area contributed by atoms with E-state index in [1.807, 2.05) is 47.2 Å². The summed E-state index contributed by atoms with van der Waals surface area (Å²) >= 11 is 6.84. The van der Waals surface area contributed by atoms with Gasteiger partial charge in [0.25, 0.3) is 5.91 Å². The fourth-order valence-corrected chi connectivity index (χ4v) is 5.98. The Bertz CT molecular complexity index is 1390. The zero-order valence-electron chi connectivity index (χ0n) is 19.0. The number of amides is 1. The smallest absolute Gasteiger partial charge is 0.256 e. The molecule has 2 aliphatic rings. The molecule has 0 saturated heterocycles. The predicted molar refractivity (Wildman–Crippen MR) is 132 cm³/mol. The Labute approximate surface area is 203 Å². The third-order valence-corrected chi connectivity index (χ3v) is 7.66. The minimum atomic E-state index is -0.345. The molecule has 34 heavy (non-hydrogen) atoms. The van der Waals surface area contributed by atoms with Crippen LogP contribution in [0, 0.1) is 0 Å². The van der Waals surface area contributed by atoms with Crippen molar-refractivity contribution in [1.29, 1.82) is 0 Å². The summed E-state index contributed by atoms with van der Waals surface area (Å²) in [4.78, 5) is 24.5. The minimum Gasteiger partial charge on any atom is -0.497 e. The van der Waals surface area contributed by atoms with Crippen molar-refractivity contribution in [2.75, 3.05) is 7.11 Å². The first-order chi connectivity index (χ1) is 16.6. The number of benzene rings is 2. The number of aromatic nitrogens is 3. The summed E-state index contributed by atoms with van der Waals surface area (Å²) in [5.74, 6) is 0.826. The quantitative estimate of drug-likeness (QED) is 0.371. The van der Waals surface area contributed by atoms with Gasteiger partial charge in [-0.15, -0.1) is 0 Å². The molecule has 1 aliphatic heterocycles. The molecule has 4 aromatic rings. The summed E-state index contributed by atoms with van der Waals surface area (Å²) in [7, 11) is 1.66. The molecule has 0 unspecified atom stereocenters. The fraction of sp³-hybridized carbons (Fsp3) is 0.296. The molecule has 1 spiro atoms.